The van der Waals surface area contributed by atoms with Crippen LogP contribution in [0.2, 0.25) is 0 Å². The molecule has 7 aromatic carbocycles. The Morgan fingerprint density at radius 1 is 0.527 bits per heavy atom. The van der Waals surface area contributed by atoms with Gasteiger partial charge in [-0.1, -0.05) is 153 Å². The van der Waals surface area contributed by atoms with Crippen molar-refractivity contribution in [3.05, 3.63) is 219 Å². The van der Waals surface area contributed by atoms with Gasteiger partial charge in [-0.25, -0.2) is 0 Å². The Labute approximate surface area is 326 Å². The van der Waals surface area contributed by atoms with Gasteiger partial charge in [0, 0.05) is 28.1 Å². The minimum absolute atomic E-state index is 0.0488. The minimum atomic E-state index is -0.0576. The van der Waals surface area contributed by atoms with Gasteiger partial charge in [0.05, 0.1) is 5.69 Å². The lowest BCUT2D eigenvalue weighted by Crippen LogP contribution is -2.35. The molecule has 0 amide bonds. The number of fused-ring (bicyclic) bond motifs is 5. The van der Waals surface area contributed by atoms with E-state index in [0.29, 0.717) is 11.8 Å². The molecule has 0 aromatic heterocycles. The molecule has 4 aliphatic rings. The molecule has 268 valence electrons. The molecule has 0 saturated heterocycles. The largest absolute Gasteiger partial charge is 0.310 e. The molecule has 7 aromatic rings. The Morgan fingerprint density at radius 2 is 1.15 bits per heavy atom. The lowest BCUT2D eigenvalue weighted by molar-refractivity contribution is 0.347. The fourth-order valence-electron chi connectivity index (χ4n) is 12.0. The lowest BCUT2D eigenvalue weighted by Gasteiger charge is -2.39. The van der Waals surface area contributed by atoms with Crippen molar-refractivity contribution < 1.29 is 0 Å². The summed E-state index contributed by atoms with van der Waals surface area (Å²) in [7, 11) is 0. The van der Waals surface area contributed by atoms with Crippen LogP contribution in [0.15, 0.2) is 164 Å². The van der Waals surface area contributed by atoms with Crippen molar-refractivity contribution in [2.75, 3.05) is 4.90 Å². The third kappa shape index (κ3) is 4.59. The van der Waals surface area contributed by atoms with E-state index in [0.717, 1.165) is 12.8 Å². The van der Waals surface area contributed by atoms with Gasteiger partial charge in [-0.2, -0.15) is 0 Å². The highest BCUT2D eigenvalue weighted by Crippen LogP contribution is 2.68. The van der Waals surface area contributed by atoms with Crippen LogP contribution in [-0.4, -0.2) is 0 Å². The molecular weight excluding hydrogens is 663 g/mol. The van der Waals surface area contributed by atoms with Crippen molar-refractivity contribution in [3.8, 4) is 11.1 Å². The minimum Gasteiger partial charge on any atom is -0.310 e. The molecule has 4 atom stereocenters. The summed E-state index contributed by atoms with van der Waals surface area (Å²) in [5.41, 5.74) is 21.2. The summed E-state index contributed by atoms with van der Waals surface area (Å²) in [4.78, 5) is 2.58. The maximum Gasteiger partial charge on any atom is 0.0505 e. The molecule has 0 bridgehead atoms. The van der Waals surface area contributed by atoms with E-state index in [1.165, 1.54) is 80.0 Å². The number of anilines is 3. The van der Waals surface area contributed by atoms with Gasteiger partial charge >= 0.3 is 0 Å². The van der Waals surface area contributed by atoms with Crippen LogP contribution in [0.4, 0.5) is 17.1 Å². The summed E-state index contributed by atoms with van der Waals surface area (Å²) in [6.45, 7) is 7.09. The Morgan fingerprint density at radius 3 is 1.91 bits per heavy atom. The Bertz CT molecular complexity index is 2610. The monoisotopic (exact) mass is 709 g/mol. The van der Waals surface area contributed by atoms with Crippen LogP contribution in [0.3, 0.4) is 0 Å². The normalized spacial score (nSPS) is 21.2. The number of nitrogens with zero attached hydrogens (tertiary/aromatic N) is 1. The van der Waals surface area contributed by atoms with Crippen LogP contribution in [0.5, 0.6) is 0 Å². The van der Waals surface area contributed by atoms with E-state index in [-0.39, 0.29) is 16.7 Å². The topological polar surface area (TPSA) is 3.24 Å². The fourth-order valence-corrected chi connectivity index (χ4v) is 12.0. The highest BCUT2D eigenvalue weighted by atomic mass is 15.1. The summed E-state index contributed by atoms with van der Waals surface area (Å²) in [5.74, 6) is 1.28. The molecule has 4 aliphatic carbocycles. The molecule has 0 aliphatic heterocycles. The molecule has 0 radical (unpaired) electrons. The van der Waals surface area contributed by atoms with E-state index in [4.69, 9.17) is 0 Å². The molecule has 4 unspecified atom stereocenters. The molecule has 55 heavy (non-hydrogen) atoms. The first-order valence-electron chi connectivity index (χ1n) is 20.4. The lowest BCUT2D eigenvalue weighted by atomic mass is 9.65. The third-order valence-electron chi connectivity index (χ3n) is 14.2. The first kappa shape index (κ1) is 32.7. The van der Waals surface area contributed by atoms with Crippen molar-refractivity contribution in [1.82, 2.24) is 0 Å². The smallest absolute Gasteiger partial charge is 0.0505 e. The van der Waals surface area contributed by atoms with Crippen LogP contribution >= 0.6 is 0 Å². The van der Waals surface area contributed by atoms with Gasteiger partial charge in [-0.3, -0.25) is 0 Å². The van der Waals surface area contributed by atoms with Crippen LogP contribution in [0, 0.1) is 18.8 Å². The van der Waals surface area contributed by atoms with Gasteiger partial charge in [0.25, 0.3) is 0 Å². The molecule has 1 saturated carbocycles. The Balaban J connectivity index is 1.16. The Kier molecular flexibility index (Phi) is 7.25. The first-order valence-corrected chi connectivity index (χ1v) is 20.4. The second kappa shape index (κ2) is 12.2. The van der Waals surface area contributed by atoms with Gasteiger partial charge in [-0.05, 0) is 135 Å². The molecule has 1 heteroatoms. The zero-order valence-electron chi connectivity index (χ0n) is 32.1. The molecule has 0 heterocycles. The van der Waals surface area contributed by atoms with Crippen molar-refractivity contribution in [3.63, 3.8) is 0 Å². The zero-order chi connectivity index (χ0) is 36.9. The zero-order valence-corrected chi connectivity index (χ0v) is 32.1. The predicted octanol–water partition coefficient (Wildman–Crippen LogP) is 13.4. The first-order chi connectivity index (χ1) is 27.0. The van der Waals surface area contributed by atoms with Crippen molar-refractivity contribution >= 4 is 17.1 Å². The SMILES string of the molecule is Cc1ccccc1N(c1ccccc1)c1cccc2c1C13c4c(cccc4C(c4ccccc4)c4ccc5c(c4)C(C)(C)c4ccccc4-5)CC1CCC3C2. The van der Waals surface area contributed by atoms with E-state index in [9.17, 15) is 0 Å². The van der Waals surface area contributed by atoms with Crippen LogP contribution in [0.1, 0.15) is 88.2 Å². The van der Waals surface area contributed by atoms with E-state index in [1.807, 2.05) is 0 Å². The maximum absolute atomic E-state index is 2.58. The van der Waals surface area contributed by atoms with Crippen LogP contribution in [-0.2, 0) is 23.7 Å². The molecule has 1 nitrogen and oxygen atoms in total. The van der Waals surface area contributed by atoms with E-state index >= 15 is 0 Å². The van der Waals surface area contributed by atoms with Gasteiger partial charge in [0.15, 0.2) is 0 Å². The molecule has 1 fully saturated rings. The van der Waals surface area contributed by atoms with Gasteiger partial charge in [0.1, 0.15) is 0 Å². The quantitative estimate of drug-likeness (QED) is 0.155. The summed E-state index contributed by atoms with van der Waals surface area (Å²) >= 11 is 0. The van der Waals surface area contributed by atoms with Gasteiger partial charge in [-0.15, -0.1) is 0 Å². The summed E-state index contributed by atoms with van der Waals surface area (Å²) in [6, 6.07) is 62.5. The average Bonchev–Trinajstić information content (AvgIpc) is 3.91. The highest BCUT2D eigenvalue weighted by molar-refractivity contribution is 5.84. The van der Waals surface area contributed by atoms with E-state index in [2.05, 4.69) is 189 Å². The van der Waals surface area contributed by atoms with E-state index < -0.39 is 0 Å². The summed E-state index contributed by atoms with van der Waals surface area (Å²) in [6.07, 6.45) is 4.86. The van der Waals surface area contributed by atoms with E-state index in [1.54, 1.807) is 16.7 Å². The fraction of sp³-hybridized carbons (Fsp3) is 0.222. The molecule has 11 rings (SSSR count). The van der Waals surface area contributed by atoms with Gasteiger partial charge < -0.3 is 4.90 Å². The van der Waals surface area contributed by atoms with Crippen molar-refractivity contribution in [2.45, 2.75) is 63.2 Å². The number of para-hydroxylation sites is 2. The number of hydrogen-bond donors (Lipinski definition) is 0. The standard InChI is InChI=1S/C54H47N/c1-35-16-10-13-26-48(35)55(42-21-8-5-9-22-42)49-27-15-20-39-33-41-30-29-40-32-38-19-14-24-45(51(38)54(40,41)52(39)49)50(36-17-6-4-7-18-36)37-28-31-44-43-23-11-12-25-46(43)53(2,3)47(44)34-37/h4-28,31,34,40-41,50H,29-30,32-33H2,1-3H3. The number of aryl methyl sites for hydroxylation is 1. The summed E-state index contributed by atoms with van der Waals surface area (Å²) < 4.78 is 0. The molecule has 1 spiro atoms. The second-order valence-corrected chi connectivity index (χ2v) is 17.2. The van der Waals surface area contributed by atoms with Crippen LogP contribution in [0.25, 0.3) is 11.1 Å². The molecule has 0 N–H and O–H groups in total. The second-order valence-electron chi connectivity index (χ2n) is 17.2. The third-order valence-corrected chi connectivity index (χ3v) is 14.2. The summed E-state index contributed by atoms with van der Waals surface area (Å²) in [5, 5.41) is 0. The molecular formula is C54H47N. The number of benzene rings is 7. The van der Waals surface area contributed by atoms with Crippen LogP contribution < -0.4 is 4.90 Å². The predicted molar refractivity (Wildman–Crippen MR) is 228 cm³/mol. The maximum atomic E-state index is 2.58. The highest BCUT2D eigenvalue weighted by Gasteiger charge is 2.62. The average molecular weight is 710 g/mol. The Hall–Kier alpha value is -5.66. The van der Waals surface area contributed by atoms with Crippen molar-refractivity contribution in [2.24, 2.45) is 11.8 Å². The number of hydrogen-bond acceptors (Lipinski definition) is 1. The number of rotatable bonds is 6. The van der Waals surface area contributed by atoms with Crippen molar-refractivity contribution in [1.29, 1.82) is 0 Å². The van der Waals surface area contributed by atoms with Gasteiger partial charge in [0.2, 0.25) is 0 Å².